The highest BCUT2D eigenvalue weighted by Gasteiger charge is 2.12. The number of carbonyl (C=O) groups is 2. The number of nitrogens with one attached hydrogen (secondary N) is 1. The van der Waals surface area contributed by atoms with Gasteiger partial charge in [-0.2, -0.15) is 0 Å². The fourth-order valence-corrected chi connectivity index (χ4v) is 3.87. The number of carbonyl (C=O) groups excluding carboxylic acids is 1. The van der Waals surface area contributed by atoms with Crippen LogP contribution in [0.4, 0.5) is 0 Å². The molecule has 21 heavy (non-hydrogen) atoms. The Balaban J connectivity index is 1.83. The van der Waals surface area contributed by atoms with Gasteiger partial charge >= 0.3 is 5.97 Å². The summed E-state index contributed by atoms with van der Waals surface area (Å²) in [6.07, 6.45) is 1.33. The van der Waals surface area contributed by atoms with Crippen LogP contribution in [-0.4, -0.2) is 28.5 Å². The van der Waals surface area contributed by atoms with Gasteiger partial charge in [0.15, 0.2) is 0 Å². The second-order valence-corrected chi connectivity index (χ2v) is 7.57. The lowest BCUT2D eigenvalue weighted by atomic mass is 10.2. The van der Waals surface area contributed by atoms with Crippen LogP contribution in [0.5, 0.6) is 0 Å². The third-order valence-electron chi connectivity index (χ3n) is 2.62. The third-order valence-corrected chi connectivity index (χ3v) is 5.26. The fourth-order valence-electron chi connectivity index (χ4n) is 1.61. The maximum Gasteiger partial charge on any atom is 0.303 e. The molecular weight excluding hydrogens is 376 g/mol. The van der Waals surface area contributed by atoms with Gasteiger partial charge < -0.3 is 10.4 Å². The SMILES string of the molecule is O=C(O)CCCCNC(=O)c1csc(-c2ccc(Br)s2)n1. The highest BCUT2D eigenvalue weighted by Crippen LogP contribution is 2.33. The Morgan fingerprint density at radius 3 is 2.81 bits per heavy atom. The predicted molar refractivity (Wildman–Crippen MR) is 86.9 cm³/mol. The number of rotatable bonds is 7. The van der Waals surface area contributed by atoms with Gasteiger partial charge in [0.2, 0.25) is 0 Å². The maximum atomic E-state index is 11.9. The maximum absolute atomic E-state index is 11.9. The molecule has 2 heterocycles. The first-order valence-corrected chi connectivity index (χ1v) is 8.76. The van der Waals surface area contributed by atoms with Gasteiger partial charge in [-0.1, -0.05) is 0 Å². The van der Waals surface area contributed by atoms with Crippen LogP contribution in [0.2, 0.25) is 0 Å². The molecule has 0 saturated heterocycles. The van der Waals surface area contributed by atoms with E-state index >= 15 is 0 Å². The molecular formula is C13H13BrN2O3S2. The lowest BCUT2D eigenvalue weighted by molar-refractivity contribution is -0.137. The summed E-state index contributed by atoms with van der Waals surface area (Å²) in [5, 5.41) is 13.8. The van der Waals surface area contributed by atoms with Gasteiger partial charge in [0.1, 0.15) is 10.7 Å². The van der Waals surface area contributed by atoms with E-state index in [0.717, 1.165) is 13.7 Å². The highest BCUT2D eigenvalue weighted by atomic mass is 79.9. The van der Waals surface area contributed by atoms with E-state index in [2.05, 4.69) is 26.2 Å². The van der Waals surface area contributed by atoms with Crippen LogP contribution in [0, 0.1) is 0 Å². The average Bonchev–Trinajstić information content (AvgIpc) is 3.06. The number of carboxylic acid groups (broad SMARTS) is 1. The molecule has 0 aliphatic rings. The minimum absolute atomic E-state index is 0.129. The first-order chi connectivity index (χ1) is 10.1. The second kappa shape index (κ2) is 7.67. The number of unbranched alkanes of at least 4 members (excludes halogenated alkanes) is 1. The topological polar surface area (TPSA) is 79.3 Å². The quantitative estimate of drug-likeness (QED) is 0.709. The number of aromatic nitrogens is 1. The Bertz CT molecular complexity index is 639. The largest absolute Gasteiger partial charge is 0.481 e. The van der Waals surface area contributed by atoms with E-state index in [1.807, 2.05) is 12.1 Å². The standard InChI is InChI=1S/C13H13BrN2O3S2/c14-10-5-4-9(21-10)13-16-8(7-20-13)12(19)15-6-2-1-3-11(17)18/h4-5,7H,1-3,6H2,(H,15,19)(H,17,18). The fraction of sp³-hybridized carbons (Fsp3) is 0.308. The van der Waals surface area contributed by atoms with Crippen LogP contribution in [0.15, 0.2) is 21.3 Å². The molecule has 2 aromatic heterocycles. The molecule has 2 rings (SSSR count). The summed E-state index contributed by atoms with van der Waals surface area (Å²) in [6, 6.07) is 3.91. The monoisotopic (exact) mass is 388 g/mol. The molecule has 0 radical (unpaired) electrons. The molecule has 0 spiro atoms. The van der Waals surface area contributed by atoms with Crippen molar-refractivity contribution < 1.29 is 14.7 Å². The van der Waals surface area contributed by atoms with Crippen molar-refractivity contribution >= 4 is 50.5 Å². The van der Waals surface area contributed by atoms with Crippen LogP contribution in [-0.2, 0) is 4.79 Å². The Labute approximate surface area is 138 Å². The Hall–Kier alpha value is -1.25. The summed E-state index contributed by atoms with van der Waals surface area (Å²) in [4.78, 5) is 27.6. The summed E-state index contributed by atoms with van der Waals surface area (Å²) < 4.78 is 1.03. The van der Waals surface area contributed by atoms with Crippen LogP contribution in [0.1, 0.15) is 29.8 Å². The number of thiazole rings is 1. The van der Waals surface area contributed by atoms with Gasteiger partial charge in [0, 0.05) is 18.3 Å². The van der Waals surface area contributed by atoms with E-state index < -0.39 is 5.97 Å². The number of thiophene rings is 1. The number of hydrogen-bond donors (Lipinski definition) is 2. The predicted octanol–water partition coefficient (Wildman–Crippen LogP) is 3.62. The van der Waals surface area contributed by atoms with Crippen molar-refractivity contribution in [3.8, 4) is 9.88 Å². The minimum atomic E-state index is -0.812. The zero-order valence-electron chi connectivity index (χ0n) is 11.0. The lowest BCUT2D eigenvalue weighted by Gasteiger charge is -2.01. The van der Waals surface area contributed by atoms with Crippen LogP contribution in [0.25, 0.3) is 9.88 Å². The molecule has 0 saturated carbocycles. The Kier molecular flexibility index (Phi) is 5.89. The summed E-state index contributed by atoms with van der Waals surface area (Å²) in [5.41, 5.74) is 0.401. The first kappa shape index (κ1) is 16.1. The summed E-state index contributed by atoms with van der Waals surface area (Å²) in [5.74, 6) is -1.03. The van der Waals surface area contributed by atoms with Crippen LogP contribution >= 0.6 is 38.6 Å². The molecule has 0 aliphatic carbocycles. The number of amides is 1. The average molecular weight is 389 g/mol. The molecule has 0 atom stereocenters. The first-order valence-electron chi connectivity index (χ1n) is 6.27. The van der Waals surface area contributed by atoms with E-state index in [0.29, 0.717) is 25.1 Å². The zero-order valence-corrected chi connectivity index (χ0v) is 14.2. The van der Waals surface area contributed by atoms with Gasteiger partial charge in [0.25, 0.3) is 5.91 Å². The molecule has 5 nitrogen and oxygen atoms in total. The van der Waals surface area contributed by atoms with Gasteiger partial charge in [-0.3, -0.25) is 9.59 Å². The van der Waals surface area contributed by atoms with Crippen molar-refractivity contribution in [3.05, 3.63) is 27.0 Å². The van der Waals surface area contributed by atoms with Gasteiger partial charge in [-0.25, -0.2) is 4.98 Å². The van der Waals surface area contributed by atoms with Crippen molar-refractivity contribution in [1.82, 2.24) is 10.3 Å². The smallest absolute Gasteiger partial charge is 0.303 e. The van der Waals surface area contributed by atoms with Crippen molar-refractivity contribution in [1.29, 1.82) is 0 Å². The van der Waals surface area contributed by atoms with Crippen LogP contribution < -0.4 is 5.32 Å². The molecule has 8 heteroatoms. The van der Waals surface area contributed by atoms with Crippen molar-refractivity contribution in [2.24, 2.45) is 0 Å². The van der Waals surface area contributed by atoms with E-state index in [9.17, 15) is 9.59 Å². The number of nitrogens with zero attached hydrogens (tertiary/aromatic N) is 1. The number of aliphatic carboxylic acids is 1. The second-order valence-electron chi connectivity index (χ2n) is 4.25. The number of carboxylic acids is 1. The zero-order chi connectivity index (χ0) is 15.2. The Morgan fingerprint density at radius 2 is 2.14 bits per heavy atom. The van der Waals surface area contributed by atoms with E-state index in [4.69, 9.17) is 5.11 Å². The molecule has 2 N–H and O–H groups in total. The van der Waals surface area contributed by atoms with E-state index in [1.165, 1.54) is 11.3 Å². The molecule has 0 aromatic carbocycles. The molecule has 2 aromatic rings. The normalized spacial score (nSPS) is 10.5. The Morgan fingerprint density at radius 1 is 1.33 bits per heavy atom. The van der Waals surface area contributed by atoms with Crippen molar-refractivity contribution in [2.45, 2.75) is 19.3 Å². The van der Waals surface area contributed by atoms with Crippen molar-refractivity contribution in [3.63, 3.8) is 0 Å². The van der Waals surface area contributed by atoms with Crippen molar-refractivity contribution in [2.75, 3.05) is 6.54 Å². The molecule has 112 valence electrons. The van der Waals surface area contributed by atoms with E-state index in [-0.39, 0.29) is 12.3 Å². The van der Waals surface area contributed by atoms with E-state index in [1.54, 1.807) is 16.7 Å². The molecule has 1 amide bonds. The molecule has 0 bridgehead atoms. The van der Waals surface area contributed by atoms with Gasteiger partial charge in [-0.15, -0.1) is 22.7 Å². The summed E-state index contributed by atoms with van der Waals surface area (Å²) >= 11 is 6.40. The summed E-state index contributed by atoms with van der Waals surface area (Å²) in [6.45, 7) is 0.462. The number of halogens is 1. The summed E-state index contributed by atoms with van der Waals surface area (Å²) in [7, 11) is 0. The lowest BCUT2D eigenvalue weighted by Crippen LogP contribution is -2.24. The van der Waals surface area contributed by atoms with Gasteiger partial charge in [0.05, 0.1) is 8.66 Å². The van der Waals surface area contributed by atoms with Crippen LogP contribution in [0.3, 0.4) is 0 Å². The molecule has 0 fully saturated rings. The van der Waals surface area contributed by atoms with Gasteiger partial charge in [-0.05, 0) is 40.9 Å². The molecule has 0 unspecified atom stereocenters. The third kappa shape index (κ3) is 4.90. The molecule has 0 aliphatic heterocycles. The number of hydrogen-bond acceptors (Lipinski definition) is 5. The minimum Gasteiger partial charge on any atom is -0.481 e. The highest BCUT2D eigenvalue weighted by molar-refractivity contribution is 9.11.